The Morgan fingerprint density at radius 2 is 2.07 bits per heavy atom. The first kappa shape index (κ1) is 22.8. The van der Waals surface area contributed by atoms with Crippen molar-refractivity contribution in [3.63, 3.8) is 0 Å². The molecule has 154 valence electrons. The van der Waals surface area contributed by atoms with Crippen molar-refractivity contribution >= 4 is 58.0 Å². The van der Waals surface area contributed by atoms with E-state index in [2.05, 4.69) is 19.8 Å². The lowest BCUT2D eigenvalue weighted by atomic mass is 10.2. The van der Waals surface area contributed by atoms with Crippen molar-refractivity contribution in [2.75, 3.05) is 44.8 Å². The van der Waals surface area contributed by atoms with Crippen LogP contribution in [0, 0.1) is 0 Å². The van der Waals surface area contributed by atoms with Gasteiger partial charge in [-0.25, -0.2) is 9.98 Å². The van der Waals surface area contributed by atoms with E-state index in [0.717, 1.165) is 36.9 Å². The molecule has 0 spiro atoms. The van der Waals surface area contributed by atoms with Gasteiger partial charge in [-0.1, -0.05) is 11.6 Å². The molecule has 1 aromatic carbocycles. The number of thiazole rings is 1. The topological polar surface area (TPSA) is 76.2 Å². The standard InChI is InChI=1S/C18H24ClN5O2S.HI/c1-3-26-16-14(19)10-13(11-15(16)25-2)12-22-17(20)23-5-7-24(8-6-23)18-21-4-9-27-18;/h4,9-11H,3,5-8,12H2,1-2H3,(H2,20,22);1H. The maximum atomic E-state index is 6.32. The minimum Gasteiger partial charge on any atom is -0.493 e. The highest BCUT2D eigenvalue weighted by molar-refractivity contribution is 14.0. The second-order valence-electron chi connectivity index (χ2n) is 6.01. The lowest BCUT2D eigenvalue weighted by Crippen LogP contribution is -2.51. The smallest absolute Gasteiger partial charge is 0.191 e. The molecular formula is C18H25ClIN5O2S. The number of aliphatic imine (C=N–C) groups is 1. The zero-order valence-electron chi connectivity index (χ0n) is 15.9. The lowest BCUT2D eigenvalue weighted by Gasteiger charge is -2.35. The molecule has 0 saturated carbocycles. The number of nitrogens with zero attached hydrogens (tertiary/aromatic N) is 4. The number of rotatable bonds is 6. The first-order valence-electron chi connectivity index (χ1n) is 8.81. The van der Waals surface area contributed by atoms with Gasteiger partial charge in [0.15, 0.2) is 22.6 Å². The van der Waals surface area contributed by atoms with Crippen LogP contribution in [0.15, 0.2) is 28.7 Å². The number of anilines is 1. The quantitative estimate of drug-likeness (QED) is 0.346. The van der Waals surface area contributed by atoms with Crippen LogP contribution in [0.25, 0.3) is 0 Å². The number of hydrogen-bond donors (Lipinski definition) is 1. The number of piperazine rings is 1. The van der Waals surface area contributed by atoms with E-state index in [1.807, 2.05) is 30.6 Å². The van der Waals surface area contributed by atoms with Gasteiger partial charge in [-0.2, -0.15) is 0 Å². The summed E-state index contributed by atoms with van der Waals surface area (Å²) in [5.74, 6) is 1.70. The Morgan fingerprint density at radius 1 is 1.32 bits per heavy atom. The van der Waals surface area contributed by atoms with Crippen LogP contribution < -0.4 is 20.1 Å². The van der Waals surface area contributed by atoms with Gasteiger partial charge in [0.25, 0.3) is 0 Å². The van der Waals surface area contributed by atoms with E-state index in [9.17, 15) is 0 Å². The molecule has 1 aliphatic rings. The summed E-state index contributed by atoms with van der Waals surface area (Å²) >= 11 is 7.97. The molecule has 28 heavy (non-hydrogen) atoms. The minimum atomic E-state index is 0. The SMILES string of the molecule is CCOc1c(Cl)cc(CN=C(N)N2CCN(c3nccs3)CC2)cc1OC.I. The fourth-order valence-electron chi connectivity index (χ4n) is 2.92. The highest BCUT2D eigenvalue weighted by Gasteiger charge is 2.20. The van der Waals surface area contributed by atoms with Crippen LogP contribution >= 0.6 is 46.9 Å². The Bertz CT molecular complexity index is 783. The van der Waals surface area contributed by atoms with Gasteiger partial charge in [0.2, 0.25) is 0 Å². The number of methoxy groups -OCH3 is 1. The van der Waals surface area contributed by atoms with Crippen molar-refractivity contribution in [3.8, 4) is 11.5 Å². The molecule has 2 heterocycles. The summed E-state index contributed by atoms with van der Waals surface area (Å²) in [6.07, 6.45) is 1.83. The van der Waals surface area contributed by atoms with Crippen molar-refractivity contribution in [1.82, 2.24) is 9.88 Å². The van der Waals surface area contributed by atoms with Crippen molar-refractivity contribution in [2.45, 2.75) is 13.5 Å². The third-order valence-corrected chi connectivity index (χ3v) is 5.41. The zero-order chi connectivity index (χ0) is 19.2. The van der Waals surface area contributed by atoms with Gasteiger partial charge in [0, 0.05) is 37.8 Å². The average molecular weight is 538 g/mol. The summed E-state index contributed by atoms with van der Waals surface area (Å²) in [6, 6.07) is 3.72. The molecule has 0 unspecified atom stereocenters. The highest BCUT2D eigenvalue weighted by atomic mass is 127. The number of aromatic nitrogens is 1. The predicted molar refractivity (Wildman–Crippen MR) is 126 cm³/mol. The molecule has 0 radical (unpaired) electrons. The summed E-state index contributed by atoms with van der Waals surface area (Å²) in [6.45, 7) is 6.26. The highest BCUT2D eigenvalue weighted by Crippen LogP contribution is 2.36. The number of ether oxygens (including phenoxy) is 2. The predicted octanol–water partition coefficient (Wildman–Crippen LogP) is 3.46. The third kappa shape index (κ3) is 5.54. The van der Waals surface area contributed by atoms with E-state index in [4.69, 9.17) is 26.8 Å². The van der Waals surface area contributed by atoms with Crippen molar-refractivity contribution in [3.05, 3.63) is 34.3 Å². The molecule has 0 aliphatic carbocycles. The van der Waals surface area contributed by atoms with E-state index in [-0.39, 0.29) is 24.0 Å². The van der Waals surface area contributed by atoms with Gasteiger partial charge in [0.05, 0.1) is 25.3 Å². The molecular weight excluding hydrogens is 513 g/mol. The fraction of sp³-hybridized carbons (Fsp3) is 0.444. The number of hydrogen-bond acceptors (Lipinski definition) is 6. The second kappa shape index (κ2) is 10.9. The van der Waals surface area contributed by atoms with Gasteiger partial charge in [-0.05, 0) is 24.6 Å². The van der Waals surface area contributed by atoms with Crippen molar-refractivity contribution in [1.29, 1.82) is 0 Å². The largest absolute Gasteiger partial charge is 0.493 e. The Kier molecular flexibility index (Phi) is 8.90. The average Bonchev–Trinajstić information content (AvgIpc) is 3.23. The molecule has 0 amide bonds. The van der Waals surface area contributed by atoms with E-state index in [1.54, 1.807) is 18.4 Å². The second-order valence-corrected chi connectivity index (χ2v) is 7.29. The zero-order valence-corrected chi connectivity index (χ0v) is 19.8. The molecule has 0 bridgehead atoms. The fourth-order valence-corrected chi connectivity index (χ4v) is 3.90. The maximum Gasteiger partial charge on any atom is 0.191 e. The molecule has 2 N–H and O–H groups in total. The number of halogens is 2. The van der Waals surface area contributed by atoms with E-state index in [1.165, 1.54) is 0 Å². The summed E-state index contributed by atoms with van der Waals surface area (Å²) in [5, 5.41) is 3.56. The lowest BCUT2D eigenvalue weighted by molar-refractivity contribution is 0.311. The summed E-state index contributed by atoms with van der Waals surface area (Å²) in [4.78, 5) is 13.3. The van der Waals surface area contributed by atoms with Crippen LogP contribution in [0.5, 0.6) is 11.5 Å². The third-order valence-electron chi connectivity index (χ3n) is 4.30. The van der Waals surface area contributed by atoms with Crippen LogP contribution in [0.2, 0.25) is 5.02 Å². The van der Waals surface area contributed by atoms with Crippen LogP contribution in [-0.4, -0.2) is 55.7 Å². The van der Waals surface area contributed by atoms with Crippen molar-refractivity contribution in [2.24, 2.45) is 10.7 Å². The number of guanidine groups is 1. The van der Waals surface area contributed by atoms with Crippen molar-refractivity contribution < 1.29 is 9.47 Å². The molecule has 7 nitrogen and oxygen atoms in total. The van der Waals surface area contributed by atoms with Gasteiger partial charge >= 0.3 is 0 Å². The van der Waals surface area contributed by atoms with Crippen LogP contribution in [0.3, 0.4) is 0 Å². The summed E-state index contributed by atoms with van der Waals surface area (Å²) in [5.41, 5.74) is 7.12. The first-order chi connectivity index (χ1) is 13.1. The van der Waals surface area contributed by atoms with Crippen LogP contribution in [0.1, 0.15) is 12.5 Å². The van der Waals surface area contributed by atoms with Gasteiger partial charge in [-0.15, -0.1) is 35.3 Å². The Morgan fingerprint density at radius 3 is 2.68 bits per heavy atom. The van der Waals surface area contributed by atoms with Gasteiger partial charge < -0.3 is 25.0 Å². The molecule has 1 saturated heterocycles. The van der Waals surface area contributed by atoms with Crippen LogP contribution in [-0.2, 0) is 6.54 Å². The molecule has 1 aliphatic heterocycles. The van der Waals surface area contributed by atoms with E-state index in [0.29, 0.717) is 35.6 Å². The number of nitrogens with two attached hydrogens (primary N) is 1. The normalized spacial score (nSPS) is 14.6. The summed E-state index contributed by atoms with van der Waals surface area (Å²) < 4.78 is 10.9. The molecule has 0 atom stereocenters. The molecule has 3 rings (SSSR count). The summed E-state index contributed by atoms with van der Waals surface area (Å²) in [7, 11) is 1.59. The van der Waals surface area contributed by atoms with E-state index >= 15 is 0 Å². The first-order valence-corrected chi connectivity index (χ1v) is 10.1. The molecule has 2 aromatic rings. The minimum absolute atomic E-state index is 0. The van der Waals surface area contributed by atoms with Gasteiger partial charge in [0.1, 0.15) is 0 Å². The Hall–Kier alpha value is -1.46. The number of benzene rings is 1. The van der Waals surface area contributed by atoms with E-state index < -0.39 is 0 Å². The van der Waals surface area contributed by atoms with Gasteiger partial charge in [-0.3, -0.25) is 0 Å². The molecule has 1 aromatic heterocycles. The maximum absolute atomic E-state index is 6.32. The molecule has 1 fully saturated rings. The van der Waals surface area contributed by atoms with Crippen LogP contribution in [0.4, 0.5) is 5.13 Å². The Balaban J connectivity index is 0.00000280. The monoisotopic (exact) mass is 537 g/mol. The Labute approximate surface area is 191 Å². The molecule has 10 heteroatoms.